The molecule has 0 spiro atoms. The third-order valence-corrected chi connectivity index (χ3v) is 2.47. The summed E-state index contributed by atoms with van der Waals surface area (Å²) in [5.74, 6) is 0.481. The minimum Gasteiger partial charge on any atom is -0.299 e. The standard InChI is InChI=1S/C10H16O/c1-8-6-4-3-5-7-10(8)9(2)11/h10H,1,3-7H2,2H3. The second-order valence-corrected chi connectivity index (χ2v) is 3.42. The van der Waals surface area contributed by atoms with Crippen LogP contribution < -0.4 is 0 Å². The Morgan fingerprint density at radius 3 is 2.82 bits per heavy atom. The Morgan fingerprint density at radius 2 is 2.18 bits per heavy atom. The molecule has 0 aromatic rings. The molecule has 1 heteroatoms. The lowest BCUT2D eigenvalue weighted by Gasteiger charge is -2.11. The first-order chi connectivity index (χ1) is 5.22. The summed E-state index contributed by atoms with van der Waals surface area (Å²) in [6.07, 6.45) is 5.78. The molecule has 0 aromatic heterocycles. The lowest BCUT2D eigenvalue weighted by molar-refractivity contribution is -0.119. The van der Waals surface area contributed by atoms with Gasteiger partial charge in [0.15, 0.2) is 0 Å². The highest BCUT2D eigenvalue weighted by Gasteiger charge is 2.19. The molecule has 1 unspecified atom stereocenters. The minimum atomic E-state index is 0.178. The van der Waals surface area contributed by atoms with Gasteiger partial charge in [0, 0.05) is 5.92 Å². The maximum atomic E-state index is 11.1. The fourth-order valence-electron chi connectivity index (χ4n) is 1.75. The average Bonchev–Trinajstić information content (AvgIpc) is 2.13. The topological polar surface area (TPSA) is 17.1 Å². The van der Waals surface area contributed by atoms with Crippen LogP contribution in [0.15, 0.2) is 12.2 Å². The first-order valence-corrected chi connectivity index (χ1v) is 4.40. The largest absolute Gasteiger partial charge is 0.299 e. The van der Waals surface area contributed by atoms with E-state index in [1.54, 1.807) is 6.92 Å². The van der Waals surface area contributed by atoms with Crippen LogP contribution >= 0.6 is 0 Å². The van der Waals surface area contributed by atoms with Crippen molar-refractivity contribution in [1.29, 1.82) is 0 Å². The molecule has 1 aliphatic rings. The number of hydrogen-bond donors (Lipinski definition) is 0. The van der Waals surface area contributed by atoms with Crippen LogP contribution in [0.3, 0.4) is 0 Å². The van der Waals surface area contributed by atoms with E-state index in [1.165, 1.54) is 19.3 Å². The Bertz CT molecular complexity index is 170. The predicted molar refractivity (Wildman–Crippen MR) is 46.4 cm³/mol. The van der Waals surface area contributed by atoms with Gasteiger partial charge in [-0.2, -0.15) is 0 Å². The van der Waals surface area contributed by atoms with E-state index in [2.05, 4.69) is 6.58 Å². The highest BCUT2D eigenvalue weighted by molar-refractivity contribution is 5.81. The Kier molecular flexibility index (Phi) is 2.86. The van der Waals surface area contributed by atoms with Gasteiger partial charge in [-0.15, -0.1) is 0 Å². The van der Waals surface area contributed by atoms with Gasteiger partial charge in [-0.3, -0.25) is 4.79 Å². The van der Waals surface area contributed by atoms with Crippen LogP contribution in [0, 0.1) is 5.92 Å². The first kappa shape index (κ1) is 8.51. The lowest BCUT2D eigenvalue weighted by atomic mass is 9.92. The SMILES string of the molecule is C=C1CCCCCC1C(C)=O. The maximum absolute atomic E-state index is 11.1. The molecule has 0 heterocycles. The molecule has 0 amide bonds. The number of ketones is 1. The number of hydrogen-bond acceptors (Lipinski definition) is 1. The van der Waals surface area contributed by atoms with Gasteiger partial charge in [0.2, 0.25) is 0 Å². The van der Waals surface area contributed by atoms with Crippen molar-refractivity contribution in [3.8, 4) is 0 Å². The van der Waals surface area contributed by atoms with Crippen molar-refractivity contribution < 1.29 is 4.79 Å². The van der Waals surface area contributed by atoms with Crippen molar-refractivity contribution >= 4 is 5.78 Å². The molecule has 1 saturated carbocycles. The van der Waals surface area contributed by atoms with Crippen LogP contribution in [0.1, 0.15) is 39.0 Å². The zero-order valence-electron chi connectivity index (χ0n) is 7.23. The summed E-state index contributed by atoms with van der Waals surface area (Å²) < 4.78 is 0. The molecule has 1 atom stereocenters. The van der Waals surface area contributed by atoms with Gasteiger partial charge in [-0.1, -0.05) is 25.0 Å². The third-order valence-electron chi connectivity index (χ3n) is 2.47. The molecule has 11 heavy (non-hydrogen) atoms. The summed E-state index contributed by atoms with van der Waals surface area (Å²) >= 11 is 0. The van der Waals surface area contributed by atoms with Crippen LogP contribution in [0.5, 0.6) is 0 Å². The Hall–Kier alpha value is -0.590. The summed E-state index contributed by atoms with van der Waals surface area (Å²) in [4.78, 5) is 11.1. The summed E-state index contributed by atoms with van der Waals surface area (Å²) in [6, 6.07) is 0. The van der Waals surface area contributed by atoms with Crippen LogP contribution in [-0.2, 0) is 4.79 Å². The molecular weight excluding hydrogens is 136 g/mol. The first-order valence-electron chi connectivity index (χ1n) is 4.40. The molecule has 1 rings (SSSR count). The van der Waals surface area contributed by atoms with Gasteiger partial charge >= 0.3 is 0 Å². The summed E-state index contributed by atoms with van der Waals surface area (Å²) in [5, 5.41) is 0. The lowest BCUT2D eigenvalue weighted by Crippen LogP contribution is -2.11. The van der Waals surface area contributed by atoms with Crippen molar-refractivity contribution in [1.82, 2.24) is 0 Å². The van der Waals surface area contributed by atoms with Gasteiger partial charge < -0.3 is 0 Å². The van der Waals surface area contributed by atoms with E-state index < -0.39 is 0 Å². The molecule has 0 radical (unpaired) electrons. The number of carbonyl (C=O) groups is 1. The van der Waals surface area contributed by atoms with Gasteiger partial charge in [0.25, 0.3) is 0 Å². The van der Waals surface area contributed by atoms with Crippen molar-refractivity contribution in [2.75, 3.05) is 0 Å². The molecule has 1 aliphatic carbocycles. The van der Waals surface area contributed by atoms with E-state index in [0.717, 1.165) is 18.4 Å². The zero-order valence-corrected chi connectivity index (χ0v) is 7.23. The molecule has 0 N–H and O–H groups in total. The van der Waals surface area contributed by atoms with Crippen LogP contribution in [0.4, 0.5) is 0 Å². The molecule has 0 aliphatic heterocycles. The second-order valence-electron chi connectivity index (χ2n) is 3.42. The van der Waals surface area contributed by atoms with E-state index in [9.17, 15) is 4.79 Å². The van der Waals surface area contributed by atoms with E-state index in [1.807, 2.05) is 0 Å². The Labute approximate surface area is 68.5 Å². The molecule has 1 fully saturated rings. The van der Waals surface area contributed by atoms with E-state index >= 15 is 0 Å². The van der Waals surface area contributed by atoms with Crippen molar-refractivity contribution in [2.24, 2.45) is 5.92 Å². The minimum absolute atomic E-state index is 0.178. The number of allylic oxidation sites excluding steroid dienone is 1. The molecule has 62 valence electrons. The molecule has 1 nitrogen and oxygen atoms in total. The monoisotopic (exact) mass is 152 g/mol. The quantitative estimate of drug-likeness (QED) is 0.417. The average molecular weight is 152 g/mol. The normalized spacial score (nSPS) is 26.3. The Morgan fingerprint density at radius 1 is 1.45 bits per heavy atom. The van der Waals surface area contributed by atoms with Gasteiger partial charge in [0.1, 0.15) is 5.78 Å². The molecule has 0 aromatic carbocycles. The number of rotatable bonds is 1. The van der Waals surface area contributed by atoms with Crippen molar-refractivity contribution in [2.45, 2.75) is 39.0 Å². The van der Waals surface area contributed by atoms with Crippen molar-refractivity contribution in [3.63, 3.8) is 0 Å². The number of Topliss-reactive ketones (excluding diaryl/α,β-unsaturated/α-hetero) is 1. The van der Waals surface area contributed by atoms with E-state index in [4.69, 9.17) is 0 Å². The van der Waals surface area contributed by atoms with E-state index in [-0.39, 0.29) is 5.92 Å². The summed E-state index contributed by atoms with van der Waals surface area (Å²) in [7, 11) is 0. The zero-order chi connectivity index (χ0) is 8.27. The fraction of sp³-hybridized carbons (Fsp3) is 0.700. The highest BCUT2D eigenvalue weighted by atomic mass is 16.1. The molecule has 0 bridgehead atoms. The van der Waals surface area contributed by atoms with Gasteiger partial charge in [-0.05, 0) is 26.2 Å². The fourth-order valence-corrected chi connectivity index (χ4v) is 1.75. The van der Waals surface area contributed by atoms with Crippen LogP contribution in [0.2, 0.25) is 0 Å². The van der Waals surface area contributed by atoms with Crippen LogP contribution in [0.25, 0.3) is 0 Å². The predicted octanol–water partition coefficient (Wildman–Crippen LogP) is 2.71. The highest BCUT2D eigenvalue weighted by Crippen LogP contribution is 2.27. The van der Waals surface area contributed by atoms with Gasteiger partial charge in [-0.25, -0.2) is 0 Å². The van der Waals surface area contributed by atoms with Gasteiger partial charge in [0.05, 0.1) is 0 Å². The third kappa shape index (κ3) is 2.18. The Balaban J connectivity index is 2.59. The number of carbonyl (C=O) groups excluding carboxylic acids is 1. The molecule has 0 saturated heterocycles. The molecular formula is C10H16O. The summed E-state index contributed by atoms with van der Waals surface area (Å²) in [5.41, 5.74) is 1.16. The maximum Gasteiger partial charge on any atom is 0.136 e. The second kappa shape index (κ2) is 3.70. The smallest absolute Gasteiger partial charge is 0.136 e. The summed E-state index contributed by atoms with van der Waals surface area (Å²) in [6.45, 7) is 5.64. The van der Waals surface area contributed by atoms with E-state index in [0.29, 0.717) is 5.78 Å². The van der Waals surface area contributed by atoms with Crippen molar-refractivity contribution in [3.05, 3.63) is 12.2 Å². The van der Waals surface area contributed by atoms with Crippen LogP contribution in [-0.4, -0.2) is 5.78 Å².